The highest BCUT2D eigenvalue weighted by molar-refractivity contribution is 5.74. The van der Waals surface area contributed by atoms with Crippen molar-refractivity contribution < 1.29 is 23.9 Å². The zero-order valence-electron chi connectivity index (χ0n) is 19.4. The summed E-state index contributed by atoms with van der Waals surface area (Å²) in [6, 6.07) is 0. The summed E-state index contributed by atoms with van der Waals surface area (Å²) < 4.78 is 10.2. The largest absolute Gasteiger partial charge is 0.463 e. The van der Waals surface area contributed by atoms with Crippen LogP contribution in [0.2, 0.25) is 0 Å². The predicted octanol–water partition coefficient (Wildman–Crippen LogP) is 4.69. The van der Waals surface area contributed by atoms with Gasteiger partial charge in [-0.1, -0.05) is 64.7 Å². The molecule has 0 spiro atoms. The monoisotopic (exact) mass is 423 g/mol. The van der Waals surface area contributed by atoms with Gasteiger partial charge in [0.2, 0.25) is 5.91 Å². The van der Waals surface area contributed by atoms with Crippen LogP contribution in [0.1, 0.15) is 105 Å². The molecule has 6 nitrogen and oxygen atoms in total. The van der Waals surface area contributed by atoms with Crippen LogP contribution in [0.15, 0.2) is 0 Å². The van der Waals surface area contributed by atoms with Gasteiger partial charge in [0.15, 0.2) is 0 Å². The van der Waals surface area contributed by atoms with Gasteiger partial charge in [0.25, 0.3) is 0 Å². The molecular weight excluding hydrogens is 382 g/mol. The maximum Gasteiger partial charge on any atom is 0.302 e. The zero-order valence-corrected chi connectivity index (χ0v) is 19.4. The average Bonchev–Trinajstić information content (AvgIpc) is 2.67. The molecule has 0 heterocycles. The molecule has 1 N–H and O–H groups in total. The van der Waals surface area contributed by atoms with Crippen LogP contribution < -0.4 is 5.32 Å². The lowest BCUT2D eigenvalue weighted by atomic mass is 9.97. The molecule has 0 atom stereocenters. The number of carbonyl (C=O) groups is 3. The first-order valence-electron chi connectivity index (χ1n) is 11.3. The molecule has 30 heavy (non-hydrogen) atoms. The van der Waals surface area contributed by atoms with Gasteiger partial charge in [0.1, 0.15) is 18.8 Å². The number of hydrogen-bond acceptors (Lipinski definition) is 5. The lowest BCUT2D eigenvalue weighted by Gasteiger charge is -2.31. The van der Waals surface area contributed by atoms with Gasteiger partial charge in [-0.2, -0.15) is 0 Å². The Bertz CT molecular complexity index is 544. The second-order valence-electron chi connectivity index (χ2n) is 7.98. The van der Waals surface area contributed by atoms with Crippen LogP contribution >= 0.6 is 0 Å². The third-order valence-electron chi connectivity index (χ3n) is 4.75. The highest BCUT2D eigenvalue weighted by Crippen LogP contribution is 2.14. The van der Waals surface area contributed by atoms with Crippen LogP contribution in [-0.2, 0) is 23.9 Å². The number of unbranched alkanes of at least 4 members (excludes halogenated alkanes) is 10. The van der Waals surface area contributed by atoms with Gasteiger partial charge in [-0.25, -0.2) is 0 Å². The van der Waals surface area contributed by atoms with Crippen molar-refractivity contribution in [3.8, 4) is 11.8 Å². The van der Waals surface area contributed by atoms with Crippen molar-refractivity contribution in [1.82, 2.24) is 5.32 Å². The molecule has 1 amide bonds. The van der Waals surface area contributed by atoms with E-state index in [0.29, 0.717) is 0 Å². The quantitative estimate of drug-likeness (QED) is 0.221. The zero-order chi connectivity index (χ0) is 22.7. The van der Waals surface area contributed by atoms with Crippen LogP contribution in [0.4, 0.5) is 0 Å². The third kappa shape index (κ3) is 16.9. The van der Waals surface area contributed by atoms with E-state index in [2.05, 4.69) is 24.1 Å². The SMILES string of the molecule is CCCCCCCCCCCCC#CCC(COC(C)=O)(COC(C)=O)NC(C)=O. The highest BCUT2D eigenvalue weighted by atomic mass is 16.5. The van der Waals surface area contributed by atoms with Gasteiger partial charge in [-0.15, -0.1) is 11.8 Å². The first kappa shape index (κ1) is 28.0. The number of hydrogen-bond donors (Lipinski definition) is 1. The summed E-state index contributed by atoms with van der Waals surface area (Å²) in [5.74, 6) is 4.96. The van der Waals surface area contributed by atoms with Crippen LogP contribution in [-0.4, -0.2) is 36.6 Å². The van der Waals surface area contributed by atoms with Crippen molar-refractivity contribution in [1.29, 1.82) is 0 Å². The van der Waals surface area contributed by atoms with Gasteiger partial charge >= 0.3 is 11.9 Å². The third-order valence-corrected chi connectivity index (χ3v) is 4.75. The lowest BCUT2D eigenvalue weighted by Crippen LogP contribution is -2.55. The molecular formula is C24H41NO5. The van der Waals surface area contributed by atoms with Crippen LogP contribution in [0, 0.1) is 11.8 Å². The summed E-state index contributed by atoms with van der Waals surface area (Å²) in [5, 5.41) is 2.75. The Morgan fingerprint density at radius 3 is 1.63 bits per heavy atom. The standard InChI is InChI=1S/C24H41NO5/c1-5-6-7-8-9-10-11-12-13-14-15-16-17-18-24(25-21(2)26,19-29-22(3)27)20-30-23(4)28/h5-15,18-20H2,1-4H3,(H,25,26). The molecule has 0 aliphatic heterocycles. The molecule has 0 rings (SSSR count). The molecule has 0 saturated carbocycles. The van der Waals surface area contributed by atoms with E-state index in [0.717, 1.165) is 12.8 Å². The second kappa shape index (κ2) is 17.8. The predicted molar refractivity (Wildman–Crippen MR) is 119 cm³/mol. The summed E-state index contributed by atoms with van der Waals surface area (Å²) in [6.45, 7) is 6.00. The average molecular weight is 424 g/mol. The Morgan fingerprint density at radius 1 is 0.733 bits per heavy atom. The summed E-state index contributed by atoms with van der Waals surface area (Å²) in [6.07, 6.45) is 13.8. The topological polar surface area (TPSA) is 81.7 Å². The van der Waals surface area contributed by atoms with E-state index in [1.807, 2.05) is 0 Å². The minimum atomic E-state index is -1.03. The minimum Gasteiger partial charge on any atom is -0.463 e. The molecule has 0 aromatic rings. The fraction of sp³-hybridized carbons (Fsp3) is 0.792. The van der Waals surface area contributed by atoms with Crippen LogP contribution in [0.5, 0.6) is 0 Å². The number of rotatable bonds is 16. The summed E-state index contributed by atoms with van der Waals surface area (Å²) in [4.78, 5) is 34.1. The molecule has 0 radical (unpaired) electrons. The van der Waals surface area contributed by atoms with E-state index in [1.165, 1.54) is 78.6 Å². The van der Waals surface area contributed by atoms with Crippen molar-refractivity contribution in [2.45, 2.75) is 110 Å². The normalized spacial score (nSPS) is 10.7. The van der Waals surface area contributed by atoms with Gasteiger partial charge in [-0.05, 0) is 6.42 Å². The van der Waals surface area contributed by atoms with E-state index in [-0.39, 0.29) is 25.5 Å². The second-order valence-corrected chi connectivity index (χ2v) is 7.98. The Labute approximate surface area is 182 Å². The fourth-order valence-electron chi connectivity index (χ4n) is 3.13. The molecule has 0 aromatic carbocycles. The molecule has 6 heteroatoms. The Hall–Kier alpha value is -2.03. The molecule has 0 bridgehead atoms. The maximum absolute atomic E-state index is 11.6. The van der Waals surface area contributed by atoms with Crippen molar-refractivity contribution in [3.63, 3.8) is 0 Å². The van der Waals surface area contributed by atoms with E-state index in [1.54, 1.807) is 0 Å². The molecule has 0 aromatic heterocycles. The number of esters is 2. The minimum absolute atomic E-state index is 0.0951. The number of carbonyl (C=O) groups excluding carboxylic acids is 3. The number of amides is 1. The molecule has 0 aliphatic carbocycles. The van der Waals surface area contributed by atoms with E-state index < -0.39 is 17.5 Å². The van der Waals surface area contributed by atoms with Gasteiger partial charge in [0, 0.05) is 33.6 Å². The lowest BCUT2D eigenvalue weighted by molar-refractivity contribution is -0.150. The van der Waals surface area contributed by atoms with E-state index >= 15 is 0 Å². The van der Waals surface area contributed by atoms with E-state index in [4.69, 9.17) is 9.47 Å². The fourth-order valence-corrected chi connectivity index (χ4v) is 3.13. The van der Waals surface area contributed by atoms with Gasteiger partial charge in [-0.3, -0.25) is 14.4 Å². The Kier molecular flexibility index (Phi) is 16.6. The summed E-state index contributed by atoms with van der Waals surface area (Å²) in [5.41, 5.74) is -1.03. The molecule has 172 valence electrons. The maximum atomic E-state index is 11.6. The smallest absolute Gasteiger partial charge is 0.302 e. The molecule has 0 saturated heterocycles. The number of ether oxygens (including phenoxy) is 2. The van der Waals surface area contributed by atoms with Crippen molar-refractivity contribution in [2.24, 2.45) is 0 Å². The number of nitrogens with one attached hydrogen (secondary N) is 1. The van der Waals surface area contributed by atoms with Crippen LogP contribution in [0.25, 0.3) is 0 Å². The molecule has 0 aliphatic rings. The van der Waals surface area contributed by atoms with Crippen molar-refractivity contribution >= 4 is 17.8 Å². The van der Waals surface area contributed by atoms with Gasteiger partial charge < -0.3 is 14.8 Å². The first-order valence-corrected chi connectivity index (χ1v) is 11.3. The van der Waals surface area contributed by atoms with E-state index in [9.17, 15) is 14.4 Å². The van der Waals surface area contributed by atoms with Crippen LogP contribution in [0.3, 0.4) is 0 Å². The molecule has 0 unspecified atom stereocenters. The van der Waals surface area contributed by atoms with Crippen molar-refractivity contribution in [3.05, 3.63) is 0 Å². The Balaban J connectivity index is 4.35. The van der Waals surface area contributed by atoms with Crippen molar-refractivity contribution in [2.75, 3.05) is 13.2 Å². The molecule has 0 fully saturated rings. The summed E-state index contributed by atoms with van der Waals surface area (Å²) in [7, 11) is 0. The summed E-state index contributed by atoms with van der Waals surface area (Å²) >= 11 is 0. The van der Waals surface area contributed by atoms with Gasteiger partial charge in [0.05, 0.1) is 0 Å². The highest BCUT2D eigenvalue weighted by Gasteiger charge is 2.33. The Morgan fingerprint density at radius 2 is 1.20 bits per heavy atom. The first-order chi connectivity index (χ1) is 14.3.